The number of nitrogens with one attached hydrogen (secondary N) is 4. The molecule has 1 rings (SSSR count). The molecule has 5 atom stereocenters. The maximum absolute atomic E-state index is 13.2. The maximum Gasteiger partial charge on any atom is 0.326 e. The molecule has 0 fully saturated rings. The fourth-order valence-electron chi connectivity index (χ4n) is 3.40. The molecule has 36 heavy (non-hydrogen) atoms. The fraction of sp³-hybridized carbons (Fsp3) is 0.652. The number of aromatic amines is 1. The number of carboxylic acids is 1. The zero-order valence-electron chi connectivity index (χ0n) is 21.2. The molecule has 1 aromatic heterocycles. The summed E-state index contributed by atoms with van der Waals surface area (Å²) in [6.07, 6.45) is 3.38. The van der Waals surface area contributed by atoms with Crippen LogP contribution in [0.15, 0.2) is 12.5 Å². The van der Waals surface area contributed by atoms with E-state index >= 15 is 0 Å². The highest BCUT2D eigenvalue weighted by Crippen LogP contribution is 2.09. The van der Waals surface area contributed by atoms with Crippen LogP contribution in [0.5, 0.6) is 0 Å². The molecule has 202 valence electrons. The summed E-state index contributed by atoms with van der Waals surface area (Å²) in [4.78, 5) is 68.5. The van der Waals surface area contributed by atoms with Crippen molar-refractivity contribution in [3.63, 3.8) is 0 Å². The summed E-state index contributed by atoms with van der Waals surface area (Å²) < 4.78 is 0. The highest BCUT2D eigenvalue weighted by molar-refractivity contribution is 5.94. The van der Waals surface area contributed by atoms with E-state index in [1.807, 2.05) is 13.8 Å². The summed E-state index contributed by atoms with van der Waals surface area (Å²) in [7, 11) is 0. The Balaban J connectivity index is 3.10. The predicted octanol–water partition coefficient (Wildman–Crippen LogP) is -0.824. The van der Waals surface area contributed by atoms with E-state index in [0.29, 0.717) is 12.1 Å². The summed E-state index contributed by atoms with van der Waals surface area (Å²) >= 11 is 0. The third kappa shape index (κ3) is 10.4. The molecule has 13 heteroatoms. The normalized spacial score (nSPS) is 15.3. The Morgan fingerprint density at radius 3 is 2.08 bits per heavy atom. The molecule has 13 nitrogen and oxygen atoms in total. The highest BCUT2D eigenvalue weighted by atomic mass is 16.4. The van der Waals surface area contributed by atoms with Gasteiger partial charge in [0.15, 0.2) is 0 Å². The van der Waals surface area contributed by atoms with Gasteiger partial charge in [0.05, 0.1) is 12.4 Å². The number of hydrogen-bond acceptors (Lipinski definition) is 7. The number of imidazole rings is 1. The molecule has 4 amide bonds. The highest BCUT2D eigenvalue weighted by Gasteiger charge is 2.31. The lowest BCUT2D eigenvalue weighted by Gasteiger charge is -2.26. The molecular weight excluding hydrogens is 470 g/mol. The van der Waals surface area contributed by atoms with Crippen molar-refractivity contribution in [2.75, 3.05) is 0 Å². The fourth-order valence-corrected chi connectivity index (χ4v) is 3.40. The second-order valence-electron chi connectivity index (χ2n) is 9.35. The number of primary amides is 1. The molecule has 1 heterocycles. The lowest BCUT2D eigenvalue weighted by molar-refractivity contribution is -0.143. The van der Waals surface area contributed by atoms with Gasteiger partial charge in [-0.1, -0.05) is 34.1 Å². The summed E-state index contributed by atoms with van der Waals surface area (Å²) in [6, 6.07) is -4.42. The van der Waals surface area contributed by atoms with E-state index in [4.69, 9.17) is 11.5 Å². The van der Waals surface area contributed by atoms with Gasteiger partial charge in [-0.05, 0) is 24.7 Å². The van der Waals surface area contributed by atoms with Gasteiger partial charge in [0.25, 0.3) is 0 Å². The third-order valence-electron chi connectivity index (χ3n) is 5.81. The van der Waals surface area contributed by atoms with Gasteiger partial charge in [-0.2, -0.15) is 0 Å². The van der Waals surface area contributed by atoms with E-state index in [0.717, 1.165) is 0 Å². The molecule has 0 spiro atoms. The van der Waals surface area contributed by atoms with E-state index in [-0.39, 0.29) is 37.5 Å². The molecule has 1 aromatic rings. The largest absolute Gasteiger partial charge is 0.480 e. The number of aliphatic carboxylic acids is 1. The Morgan fingerprint density at radius 1 is 1.00 bits per heavy atom. The number of hydrogen-bond donors (Lipinski definition) is 7. The van der Waals surface area contributed by atoms with Gasteiger partial charge in [-0.15, -0.1) is 0 Å². The predicted molar refractivity (Wildman–Crippen MR) is 131 cm³/mol. The summed E-state index contributed by atoms with van der Waals surface area (Å²) in [5.41, 5.74) is 11.8. The summed E-state index contributed by atoms with van der Waals surface area (Å²) in [5.74, 6) is -4.10. The smallest absolute Gasteiger partial charge is 0.326 e. The van der Waals surface area contributed by atoms with Gasteiger partial charge in [0.1, 0.15) is 18.1 Å². The van der Waals surface area contributed by atoms with Gasteiger partial charge in [0.2, 0.25) is 23.6 Å². The van der Waals surface area contributed by atoms with Crippen LogP contribution < -0.4 is 27.4 Å². The average molecular weight is 510 g/mol. The number of carbonyl (C=O) groups is 5. The Hall–Kier alpha value is -3.48. The minimum Gasteiger partial charge on any atom is -0.480 e. The molecular formula is C23H39N7O6. The number of rotatable bonds is 16. The molecule has 0 saturated carbocycles. The zero-order valence-corrected chi connectivity index (χ0v) is 21.2. The summed E-state index contributed by atoms with van der Waals surface area (Å²) in [6.45, 7) is 7.31. The van der Waals surface area contributed by atoms with Crippen LogP contribution in [0.2, 0.25) is 0 Å². The average Bonchev–Trinajstić information content (AvgIpc) is 3.32. The number of aromatic nitrogens is 2. The number of nitrogens with zero attached hydrogens (tertiary/aromatic N) is 1. The van der Waals surface area contributed by atoms with E-state index in [1.54, 1.807) is 13.8 Å². The molecule has 0 radical (unpaired) electrons. The van der Waals surface area contributed by atoms with Crippen molar-refractivity contribution in [1.29, 1.82) is 0 Å². The molecule has 0 aromatic carbocycles. The van der Waals surface area contributed by atoms with Gasteiger partial charge in [0, 0.05) is 24.7 Å². The molecule has 5 unspecified atom stereocenters. The van der Waals surface area contributed by atoms with Gasteiger partial charge in [-0.25, -0.2) is 9.78 Å². The Bertz CT molecular complexity index is 890. The van der Waals surface area contributed by atoms with E-state index < -0.39 is 53.8 Å². The topological polar surface area (TPSA) is 222 Å². The van der Waals surface area contributed by atoms with Crippen LogP contribution in [-0.4, -0.2) is 68.8 Å². The number of carboxylic acid groups (broad SMARTS) is 1. The Morgan fingerprint density at radius 2 is 1.58 bits per heavy atom. The number of nitrogens with two attached hydrogens (primary N) is 2. The molecule has 0 aliphatic rings. The number of amides is 4. The van der Waals surface area contributed by atoms with Gasteiger partial charge < -0.3 is 37.5 Å². The van der Waals surface area contributed by atoms with Crippen LogP contribution in [0, 0.1) is 11.8 Å². The quantitative estimate of drug-likeness (QED) is 0.149. The van der Waals surface area contributed by atoms with Crippen molar-refractivity contribution < 1.29 is 29.1 Å². The standard InChI is InChI=1S/C23H39N7O6/c1-5-13(4)19(25)22(34)29-16(9-14-10-26-11-27-14)21(33)28-15(6-7-18(24)31)20(32)30-17(23(35)36)8-12(2)3/h10-13,15-17,19H,5-9,25H2,1-4H3,(H2,24,31)(H,26,27)(H,28,33)(H,29,34)(H,30,32)(H,35,36). The first-order chi connectivity index (χ1) is 16.8. The van der Waals surface area contributed by atoms with Crippen LogP contribution in [0.25, 0.3) is 0 Å². The monoisotopic (exact) mass is 509 g/mol. The first-order valence-electron chi connectivity index (χ1n) is 12.0. The van der Waals surface area contributed by atoms with Crippen LogP contribution in [-0.2, 0) is 30.4 Å². The number of H-pyrrole nitrogens is 1. The van der Waals surface area contributed by atoms with Crippen molar-refractivity contribution in [2.45, 2.75) is 84.0 Å². The second-order valence-corrected chi connectivity index (χ2v) is 9.35. The maximum atomic E-state index is 13.2. The first-order valence-corrected chi connectivity index (χ1v) is 12.0. The first kappa shape index (κ1) is 30.6. The number of carbonyl (C=O) groups excluding carboxylic acids is 4. The van der Waals surface area contributed by atoms with Gasteiger partial charge >= 0.3 is 5.97 Å². The van der Waals surface area contributed by atoms with E-state index in [9.17, 15) is 29.1 Å². The molecule has 0 bridgehead atoms. The third-order valence-corrected chi connectivity index (χ3v) is 5.81. The lowest BCUT2D eigenvalue weighted by Crippen LogP contribution is -2.58. The van der Waals surface area contributed by atoms with E-state index in [1.165, 1.54) is 12.5 Å². The SMILES string of the molecule is CCC(C)C(N)C(=O)NC(Cc1cnc[nH]1)C(=O)NC(CCC(N)=O)C(=O)NC(CC(C)C)C(=O)O. The Kier molecular flexibility index (Phi) is 12.6. The van der Waals surface area contributed by atoms with E-state index in [2.05, 4.69) is 25.9 Å². The van der Waals surface area contributed by atoms with Gasteiger partial charge in [-0.3, -0.25) is 19.2 Å². The van der Waals surface area contributed by atoms with Crippen molar-refractivity contribution in [1.82, 2.24) is 25.9 Å². The molecule has 0 aliphatic heterocycles. The van der Waals surface area contributed by atoms with Crippen LogP contribution in [0.1, 0.15) is 59.1 Å². The van der Waals surface area contributed by atoms with Crippen LogP contribution >= 0.6 is 0 Å². The minimum atomic E-state index is -1.26. The second kappa shape index (κ2) is 14.8. The molecule has 9 N–H and O–H groups in total. The summed E-state index contributed by atoms with van der Waals surface area (Å²) in [5, 5.41) is 17.0. The van der Waals surface area contributed by atoms with Crippen LogP contribution in [0.4, 0.5) is 0 Å². The minimum absolute atomic E-state index is 0.0196. The van der Waals surface area contributed by atoms with Crippen molar-refractivity contribution in [3.8, 4) is 0 Å². The molecule has 0 aliphatic carbocycles. The van der Waals surface area contributed by atoms with Crippen LogP contribution in [0.3, 0.4) is 0 Å². The van der Waals surface area contributed by atoms with Crippen molar-refractivity contribution in [3.05, 3.63) is 18.2 Å². The van der Waals surface area contributed by atoms with Crippen molar-refractivity contribution in [2.24, 2.45) is 23.3 Å². The Labute approximate surface area is 210 Å². The van der Waals surface area contributed by atoms with Crippen molar-refractivity contribution >= 4 is 29.6 Å². The molecule has 0 saturated heterocycles. The lowest BCUT2D eigenvalue weighted by atomic mass is 9.98. The zero-order chi connectivity index (χ0) is 27.4.